The van der Waals surface area contributed by atoms with Crippen LogP contribution in [0.25, 0.3) is 0 Å². The molecule has 0 spiro atoms. The van der Waals surface area contributed by atoms with E-state index in [1.165, 1.54) is 0 Å². The summed E-state index contributed by atoms with van der Waals surface area (Å²) < 4.78 is 0. The molecule has 0 aliphatic carbocycles. The van der Waals surface area contributed by atoms with Crippen LogP contribution in [0.2, 0.25) is 0 Å². The highest BCUT2D eigenvalue weighted by Gasteiger charge is 2.20. The Hall–Kier alpha value is -1.53. The highest BCUT2D eigenvalue weighted by molar-refractivity contribution is 5.93. The average molecular weight is 291 g/mol. The van der Waals surface area contributed by atoms with Crippen molar-refractivity contribution in [2.24, 2.45) is 5.92 Å². The smallest absolute Gasteiger partial charge is 0.256 e. The Balaban J connectivity index is 1.92. The van der Waals surface area contributed by atoms with E-state index in [9.17, 15) is 4.79 Å². The summed E-state index contributed by atoms with van der Waals surface area (Å²) in [5.41, 5.74) is 6.66. The van der Waals surface area contributed by atoms with Crippen molar-refractivity contribution in [3.63, 3.8) is 0 Å². The van der Waals surface area contributed by atoms with Crippen molar-refractivity contribution in [3.8, 4) is 0 Å². The van der Waals surface area contributed by atoms with Crippen LogP contribution in [-0.2, 0) is 5.41 Å². The number of hydrazine groups is 1. The van der Waals surface area contributed by atoms with Gasteiger partial charge in [-0.3, -0.25) is 15.6 Å². The minimum Gasteiger partial charge on any atom is -0.342 e. The topological polar surface area (TPSA) is 70.2 Å². The number of nitrogens with one attached hydrogen (secondary N) is 2. The lowest BCUT2D eigenvalue weighted by Crippen LogP contribution is -2.30. The zero-order valence-corrected chi connectivity index (χ0v) is 13.3. The van der Waals surface area contributed by atoms with E-state index in [-0.39, 0.29) is 11.3 Å². The Morgan fingerprint density at radius 3 is 2.38 bits per heavy atom. The first-order valence-electron chi connectivity index (χ1n) is 7.41. The van der Waals surface area contributed by atoms with Gasteiger partial charge in [0.05, 0.1) is 5.56 Å². The molecule has 0 saturated carbocycles. The lowest BCUT2D eigenvalue weighted by atomic mass is 9.96. The lowest BCUT2D eigenvalue weighted by molar-refractivity contribution is 0.0787. The van der Waals surface area contributed by atoms with Gasteiger partial charge in [-0.25, -0.2) is 9.97 Å². The summed E-state index contributed by atoms with van der Waals surface area (Å²) in [5.74, 6) is 1.32. The summed E-state index contributed by atoms with van der Waals surface area (Å²) >= 11 is 0. The van der Waals surface area contributed by atoms with Gasteiger partial charge in [0.25, 0.3) is 5.91 Å². The zero-order valence-electron chi connectivity index (χ0n) is 13.3. The van der Waals surface area contributed by atoms with Crippen LogP contribution in [0.3, 0.4) is 0 Å². The van der Waals surface area contributed by atoms with Crippen LogP contribution < -0.4 is 10.9 Å². The molecule has 1 saturated heterocycles. The highest BCUT2D eigenvalue weighted by Crippen LogP contribution is 2.17. The maximum absolute atomic E-state index is 12.3. The SMILES string of the molecule is CN(CCC1CNNC1)C(=O)c1cnc(C(C)(C)C)nc1. The molecule has 1 aliphatic heterocycles. The first-order valence-corrected chi connectivity index (χ1v) is 7.41. The molecule has 1 aromatic heterocycles. The second-order valence-electron chi connectivity index (χ2n) is 6.69. The Kier molecular flexibility index (Phi) is 4.90. The van der Waals surface area contributed by atoms with Crippen molar-refractivity contribution in [3.05, 3.63) is 23.8 Å². The molecule has 6 heteroatoms. The van der Waals surface area contributed by atoms with Crippen molar-refractivity contribution in [1.82, 2.24) is 25.7 Å². The van der Waals surface area contributed by atoms with Crippen molar-refractivity contribution in [1.29, 1.82) is 0 Å². The third-order valence-corrected chi connectivity index (χ3v) is 3.70. The number of carbonyl (C=O) groups excluding carboxylic acids is 1. The second kappa shape index (κ2) is 6.49. The molecule has 0 unspecified atom stereocenters. The first-order chi connectivity index (χ1) is 9.88. The van der Waals surface area contributed by atoms with Crippen molar-refractivity contribution < 1.29 is 4.79 Å². The van der Waals surface area contributed by atoms with Gasteiger partial charge in [-0.2, -0.15) is 0 Å². The van der Waals surface area contributed by atoms with E-state index in [1.54, 1.807) is 17.3 Å². The normalized spacial score (nSPS) is 16.2. The van der Waals surface area contributed by atoms with Gasteiger partial charge in [0.1, 0.15) is 5.82 Å². The molecule has 1 amide bonds. The van der Waals surface area contributed by atoms with Gasteiger partial charge in [0.2, 0.25) is 0 Å². The molecule has 116 valence electrons. The Morgan fingerprint density at radius 1 is 1.29 bits per heavy atom. The molecule has 0 bridgehead atoms. The minimum atomic E-state index is -0.101. The standard InChI is InChI=1S/C15H25N5O/c1-15(2,3)14-16-9-12(10-17-14)13(21)20(4)6-5-11-7-18-19-8-11/h9-11,18-19H,5-8H2,1-4H3. The van der Waals surface area contributed by atoms with Gasteiger partial charge in [0.15, 0.2) is 0 Å². The van der Waals surface area contributed by atoms with Crippen molar-refractivity contribution >= 4 is 5.91 Å². The average Bonchev–Trinajstić information content (AvgIpc) is 2.96. The summed E-state index contributed by atoms with van der Waals surface area (Å²) in [6.07, 6.45) is 4.25. The third kappa shape index (κ3) is 4.22. The fourth-order valence-corrected chi connectivity index (χ4v) is 2.23. The monoisotopic (exact) mass is 291 g/mol. The van der Waals surface area contributed by atoms with Crippen LogP contribution in [0.1, 0.15) is 43.4 Å². The Morgan fingerprint density at radius 2 is 1.86 bits per heavy atom. The Labute approximate surface area is 126 Å². The molecular weight excluding hydrogens is 266 g/mol. The van der Waals surface area contributed by atoms with E-state index < -0.39 is 0 Å². The van der Waals surface area contributed by atoms with Crippen LogP contribution in [0.5, 0.6) is 0 Å². The van der Waals surface area contributed by atoms with Gasteiger partial charge < -0.3 is 4.90 Å². The van der Waals surface area contributed by atoms with E-state index in [1.807, 2.05) is 7.05 Å². The van der Waals surface area contributed by atoms with Gasteiger partial charge >= 0.3 is 0 Å². The molecule has 1 aromatic rings. The van der Waals surface area contributed by atoms with Crippen LogP contribution in [0, 0.1) is 5.92 Å². The van der Waals surface area contributed by atoms with Crippen molar-refractivity contribution in [2.45, 2.75) is 32.6 Å². The summed E-state index contributed by atoms with van der Waals surface area (Å²) in [6, 6.07) is 0. The number of amides is 1. The number of aromatic nitrogens is 2. The molecule has 6 nitrogen and oxygen atoms in total. The highest BCUT2D eigenvalue weighted by atomic mass is 16.2. The van der Waals surface area contributed by atoms with Gasteiger partial charge in [-0.1, -0.05) is 20.8 Å². The van der Waals surface area contributed by atoms with E-state index in [2.05, 4.69) is 41.6 Å². The fourth-order valence-electron chi connectivity index (χ4n) is 2.23. The lowest BCUT2D eigenvalue weighted by Gasteiger charge is -2.20. The molecule has 0 radical (unpaired) electrons. The predicted octanol–water partition coefficient (Wildman–Crippen LogP) is 0.960. The summed E-state index contributed by atoms with van der Waals surface area (Å²) in [5, 5.41) is 0. The maximum atomic E-state index is 12.3. The van der Waals surface area contributed by atoms with E-state index in [4.69, 9.17) is 0 Å². The van der Waals surface area contributed by atoms with Crippen LogP contribution in [0.4, 0.5) is 0 Å². The van der Waals surface area contributed by atoms with Gasteiger partial charge in [-0.05, 0) is 12.3 Å². The molecule has 1 aliphatic rings. The maximum Gasteiger partial charge on any atom is 0.256 e. The molecule has 0 atom stereocenters. The molecule has 2 rings (SSSR count). The quantitative estimate of drug-likeness (QED) is 0.865. The minimum absolute atomic E-state index is 0.0191. The van der Waals surface area contributed by atoms with Crippen LogP contribution >= 0.6 is 0 Å². The summed E-state index contributed by atoms with van der Waals surface area (Å²) in [6.45, 7) is 8.84. The molecular formula is C15H25N5O. The van der Waals surface area contributed by atoms with E-state index in [0.717, 1.165) is 31.9 Å². The Bertz CT molecular complexity index is 474. The number of nitrogens with zero attached hydrogens (tertiary/aromatic N) is 3. The number of rotatable bonds is 4. The fraction of sp³-hybridized carbons (Fsp3) is 0.667. The van der Waals surface area contributed by atoms with Crippen LogP contribution in [0.15, 0.2) is 12.4 Å². The van der Waals surface area contributed by atoms with Crippen molar-refractivity contribution in [2.75, 3.05) is 26.7 Å². The van der Waals surface area contributed by atoms with Gasteiger partial charge in [0, 0.05) is 44.5 Å². The van der Waals surface area contributed by atoms with Gasteiger partial charge in [-0.15, -0.1) is 0 Å². The largest absolute Gasteiger partial charge is 0.342 e. The number of carbonyl (C=O) groups is 1. The molecule has 2 N–H and O–H groups in total. The van der Waals surface area contributed by atoms with E-state index in [0.29, 0.717) is 11.5 Å². The number of hydrogen-bond acceptors (Lipinski definition) is 5. The molecule has 1 fully saturated rings. The van der Waals surface area contributed by atoms with Crippen LogP contribution in [-0.4, -0.2) is 47.5 Å². The first kappa shape index (κ1) is 15.9. The zero-order chi connectivity index (χ0) is 15.5. The third-order valence-electron chi connectivity index (χ3n) is 3.70. The summed E-state index contributed by atoms with van der Waals surface area (Å²) in [4.78, 5) is 22.7. The van der Waals surface area contributed by atoms with E-state index >= 15 is 0 Å². The molecule has 21 heavy (non-hydrogen) atoms. The summed E-state index contributed by atoms with van der Waals surface area (Å²) in [7, 11) is 1.83. The molecule has 0 aromatic carbocycles. The second-order valence-corrected chi connectivity index (χ2v) is 6.69. The number of hydrogen-bond donors (Lipinski definition) is 2. The predicted molar refractivity (Wildman–Crippen MR) is 81.8 cm³/mol. The molecule has 2 heterocycles.